The maximum Gasteiger partial charge on any atom is 0.230 e. The summed E-state index contributed by atoms with van der Waals surface area (Å²) in [6.07, 6.45) is 4.54. The van der Waals surface area contributed by atoms with Crippen LogP contribution in [0.1, 0.15) is 13.3 Å². The Labute approximate surface area is 110 Å². The summed E-state index contributed by atoms with van der Waals surface area (Å²) in [5, 5.41) is 3.38. The van der Waals surface area contributed by atoms with Gasteiger partial charge in [-0.05, 0) is 13.0 Å². The Balaban J connectivity index is 2.61. The average Bonchev–Trinajstić information content (AvgIpc) is 2.83. The number of amides is 1. The van der Waals surface area contributed by atoms with Crippen molar-refractivity contribution in [2.24, 2.45) is 5.92 Å². The van der Waals surface area contributed by atoms with Crippen molar-refractivity contribution >= 4 is 5.91 Å². The number of hydrogen-bond acceptors (Lipinski definition) is 3. The van der Waals surface area contributed by atoms with Gasteiger partial charge in [0.25, 0.3) is 0 Å². The molecule has 0 aromatic heterocycles. The molecule has 1 saturated heterocycles. The largest absolute Gasteiger partial charge is 0.379 e. The monoisotopic (exact) mass is 252 g/mol. The van der Waals surface area contributed by atoms with Crippen molar-refractivity contribution in [1.82, 2.24) is 10.2 Å². The third-order valence-electron chi connectivity index (χ3n) is 3.06. The lowest BCUT2D eigenvalue weighted by Crippen LogP contribution is -2.46. The number of carbonyl (C=O) groups excluding carboxylic acids is 1. The van der Waals surface area contributed by atoms with Crippen LogP contribution in [-0.2, 0) is 9.53 Å². The van der Waals surface area contributed by atoms with E-state index >= 15 is 0 Å². The molecule has 1 rings (SSSR count). The Kier molecular flexibility index (Phi) is 6.68. The van der Waals surface area contributed by atoms with Crippen molar-refractivity contribution in [1.29, 1.82) is 0 Å². The van der Waals surface area contributed by atoms with Crippen LogP contribution < -0.4 is 5.32 Å². The Morgan fingerprint density at radius 2 is 2.06 bits per heavy atom. The zero-order chi connectivity index (χ0) is 13.4. The van der Waals surface area contributed by atoms with Gasteiger partial charge < -0.3 is 15.0 Å². The van der Waals surface area contributed by atoms with E-state index in [1.54, 1.807) is 17.1 Å². The van der Waals surface area contributed by atoms with Gasteiger partial charge in [-0.1, -0.05) is 19.1 Å². The number of hydrogen-bond donors (Lipinski definition) is 1. The van der Waals surface area contributed by atoms with E-state index in [0.29, 0.717) is 26.3 Å². The molecular weight excluding hydrogens is 228 g/mol. The zero-order valence-electron chi connectivity index (χ0n) is 11.2. The molecule has 0 aromatic carbocycles. The summed E-state index contributed by atoms with van der Waals surface area (Å²) in [6.45, 7) is 12.6. The molecule has 0 saturated carbocycles. The molecule has 1 amide bonds. The zero-order valence-corrected chi connectivity index (χ0v) is 11.2. The Bertz CT molecular complexity index is 282. The van der Waals surface area contributed by atoms with Crippen molar-refractivity contribution in [3.05, 3.63) is 25.3 Å². The number of rotatable bonds is 8. The van der Waals surface area contributed by atoms with E-state index in [1.807, 2.05) is 0 Å². The summed E-state index contributed by atoms with van der Waals surface area (Å²) < 4.78 is 5.43. The average molecular weight is 252 g/mol. The smallest absolute Gasteiger partial charge is 0.230 e. The summed E-state index contributed by atoms with van der Waals surface area (Å²) in [5.41, 5.74) is 0. The topological polar surface area (TPSA) is 41.6 Å². The van der Waals surface area contributed by atoms with Gasteiger partial charge in [0, 0.05) is 19.1 Å². The first kappa shape index (κ1) is 14.9. The van der Waals surface area contributed by atoms with Crippen molar-refractivity contribution in [2.45, 2.75) is 19.4 Å². The van der Waals surface area contributed by atoms with E-state index in [0.717, 1.165) is 13.0 Å². The highest BCUT2D eigenvalue weighted by atomic mass is 16.5. The molecule has 0 bridgehead atoms. The lowest BCUT2D eigenvalue weighted by atomic mass is 10.0. The number of nitrogens with zero attached hydrogens (tertiary/aromatic N) is 1. The van der Waals surface area contributed by atoms with Gasteiger partial charge in [0.1, 0.15) is 0 Å². The predicted molar refractivity (Wildman–Crippen MR) is 73.4 cm³/mol. The number of ether oxygens (including phenoxy) is 1. The molecular formula is C14H24N2O2. The van der Waals surface area contributed by atoms with E-state index in [4.69, 9.17) is 4.74 Å². The van der Waals surface area contributed by atoms with Gasteiger partial charge >= 0.3 is 0 Å². The van der Waals surface area contributed by atoms with Gasteiger partial charge in [0.05, 0.1) is 19.1 Å². The van der Waals surface area contributed by atoms with Crippen molar-refractivity contribution in [3.8, 4) is 0 Å². The molecule has 2 unspecified atom stereocenters. The van der Waals surface area contributed by atoms with Crippen molar-refractivity contribution in [2.75, 3.05) is 32.8 Å². The van der Waals surface area contributed by atoms with Crippen LogP contribution in [0.4, 0.5) is 0 Å². The van der Waals surface area contributed by atoms with E-state index in [1.165, 1.54) is 0 Å². The molecule has 4 heteroatoms. The Morgan fingerprint density at radius 1 is 1.39 bits per heavy atom. The van der Waals surface area contributed by atoms with Gasteiger partial charge in [-0.15, -0.1) is 13.2 Å². The van der Waals surface area contributed by atoms with E-state index in [-0.39, 0.29) is 17.9 Å². The minimum Gasteiger partial charge on any atom is -0.379 e. The highest BCUT2D eigenvalue weighted by molar-refractivity contribution is 5.80. The lowest BCUT2D eigenvalue weighted by Gasteiger charge is -2.26. The minimum absolute atomic E-state index is 0.0866. The van der Waals surface area contributed by atoms with Crippen LogP contribution in [0, 0.1) is 5.92 Å². The van der Waals surface area contributed by atoms with E-state index in [9.17, 15) is 4.79 Å². The second kappa shape index (κ2) is 8.06. The van der Waals surface area contributed by atoms with Crippen molar-refractivity contribution in [3.63, 3.8) is 0 Å². The number of nitrogens with one attached hydrogen (secondary N) is 1. The summed E-state index contributed by atoms with van der Waals surface area (Å²) >= 11 is 0. The molecule has 0 radical (unpaired) electrons. The predicted octanol–water partition coefficient (Wildman–Crippen LogP) is 1.20. The molecule has 1 aliphatic heterocycles. The third-order valence-corrected chi connectivity index (χ3v) is 3.06. The second-order valence-electron chi connectivity index (χ2n) is 4.53. The fourth-order valence-electron chi connectivity index (χ4n) is 2.13. The molecule has 18 heavy (non-hydrogen) atoms. The molecule has 4 nitrogen and oxygen atoms in total. The van der Waals surface area contributed by atoms with Gasteiger partial charge in [-0.3, -0.25) is 4.79 Å². The van der Waals surface area contributed by atoms with Crippen LogP contribution in [0.25, 0.3) is 0 Å². The van der Waals surface area contributed by atoms with Gasteiger partial charge in [0.2, 0.25) is 5.91 Å². The molecule has 2 atom stereocenters. The molecule has 0 spiro atoms. The van der Waals surface area contributed by atoms with Gasteiger partial charge in [0.15, 0.2) is 0 Å². The maximum atomic E-state index is 12.4. The van der Waals surface area contributed by atoms with Crippen LogP contribution in [0.3, 0.4) is 0 Å². The van der Waals surface area contributed by atoms with Crippen molar-refractivity contribution < 1.29 is 9.53 Å². The highest BCUT2D eigenvalue weighted by Crippen LogP contribution is 2.17. The molecule has 1 aliphatic rings. The maximum absolute atomic E-state index is 12.4. The molecule has 1 heterocycles. The summed E-state index contributed by atoms with van der Waals surface area (Å²) in [6, 6.07) is 0.134. The fraction of sp³-hybridized carbons (Fsp3) is 0.643. The van der Waals surface area contributed by atoms with Crippen LogP contribution in [0.15, 0.2) is 25.3 Å². The Hall–Kier alpha value is -1.13. The first-order valence-corrected chi connectivity index (χ1v) is 6.56. The van der Waals surface area contributed by atoms with Crippen LogP contribution in [0.5, 0.6) is 0 Å². The molecule has 1 fully saturated rings. The van der Waals surface area contributed by atoms with Gasteiger partial charge in [-0.25, -0.2) is 0 Å². The second-order valence-corrected chi connectivity index (χ2v) is 4.53. The standard InChI is InChI=1S/C14H24N2O2/c1-4-7-15-13-11-18-10-12(13)14(17)16(8-5-2)9-6-3/h5-6,12-13,15H,2-4,7-11H2,1H3. The normalized spacial score (nSPS) is 22.7. The molecule has 1 N–H and O–H groups in total. The highest BCUT2D eigenvalue weighted by Gasteiger charge is 2.35. The van der Waals surface area contributed by atoms with Crippen LogP contribution in [-0.4, -0.2) is 49.7 Å². The first-order chi connectivity index (χ1) is 8.74. The third kappa shape index (κ3) is 3.96. The fourth-order valence-corrected chi connectivity index (χ4v) is 2.13. The van der Waals surface area contributed by atoms with Gasteiger partial charge in [-0.2, -0.15) is 0 Å². The van der Waals surface area contributed by atoms with E-state index in [2.05, 4.69) is 25.4 Å². The molecule has 102 valence electrons. The van der Waals surface area contributed by atoms with Crippen LogP contribution in [0.2, 0.25) is 0 Å². The Morgan fingerprint density at radius 3 is 2.61 bits per heavy atom. The molecule has 0 aromatic rings. The molecule has 0 aliphatic carbocycles. The SMILES string of the molecule is C=CCN(CC=C)C(=O)C1COCC1NCCC. The quantitative estimate of drug-likeness (QED) is 0.660. The minimum atomic E-state index is -0.0866. The summed E-state index contributed by atoms with van der Waals surface area (Å²) in [7, 11) is 0. The summed E-state index contributed by atoms with van der Waals surface area (Å²) in [5.74, 6) is 0.0392. The summed E-state index contributed by atoms with van der Waals surface area (Å²) in [4.78, 5) is 14.2. The lowest BCUT2D eigenvalue weighted by molar-refractivity contribution is -0.134. The van der Waals surface area contributed by atoms with Crippen LogP contribution >= 0.6 is 0 Å². The first-order valence-electron chi connectivity index (χ1n) is 6.56. The number of carbonyl (C=O) groups is 1. The van der Waals surface area contributed by atoms with E-state index < -0.39 is 0 Å².